The molecule has 0 saturated heterocycles. The Kier molecular flexibility index (Phi) is 5.63. The summed E-state index contributed by atoms with van der Waals surface area (Å²) in [6, 6.07) is 6.95. The lowest BCUT2D eigenvalue weighted by atomic mass is 10.2. The van der Waals surface area contributed by atoms with Gasteiger partial charge in [-0.2, -0.15) is 13.2 Å². The molecule has 1 aromatic carbocycles. The molecular formula is C16H12ClF3N2O3. The van der Waals surface area contributed by atoms with E-state index < -0.39 is 29.7 Å². The predicted molar refractivity (Wildman–Crippen MR) is 84.2 cm³/mol. The summed E-state index contributed by atoms with van der Waals surface area (Å²) in [4.78, 5) is 27.7. The van der Waals surface area contributed by atoms with Crippen molar-refractivity contribution >= 4 is 29.2 Å². The molecule has 1 aromatic heterocycles. The number of esters is 1. The maximum atomic E-state index is 12.7. The molecule has 5 nitrogen and oxygen atoms in total. The third-order valence-electron chi connectivity index (χ3n) is 3.09. The minimum absolute atomic E-state index is 0.0251. The van der Waals surface area contributed by atoms with Crippen LogP contribution in [0.25, 0.3) is 0 Å². The highest BCUT2D eigenvalue weighted by Crippen LogP contribution is 2.30. The number of ether oxygens (including phenoxy) is 1. The molecule has 1 N–H and O–H groups in total. The molecule has 132 valence electrons. The number of hydrogen-bond donors (Lipinski definition) is 1. The van der Waals surface area contributed by atoms with Crippen LogP contribution in [-0.2, 0) is 15.7 Å². The molecule has 0 radical (unpaired) electrons. The number of carbonyl (C=O) groups is 2. The van der Waals surface area contributed by atoms with Crippen LogP contribution in [-0.4, -0.2) is 23.0 Å². The van der Waals surface area contributed by atoms with E-state index in [9.17, 15) is 22.8 Å². The van der Waals surface area contributed by atoms with Crippen molar-refractivity contribution in [3.05, 3.63) is 58.9 Å². The minimum atomic E-state index is -4.53. The average Bonchev–Trinajstić information content (AvgIpc) is 2.54. The van der Waals surface area contributed by atoms with Crippen molar-refractivity contribution in [3.63, 3.8) is 0 Å². The lowest BCUT2D eigenvalue weighted by Crippen LogP contribution is -2.30. The fraction of sp³-hybridized carbons (Fsp3) is 0.188. The Morgan fingerprint density at radius 2 is 1.96 bits per heavy atom. The van der Waals surface area contributed by atoms with E-state index in [1.54, 1.807) is 0 Å². The van der Waals surface area contributed by atoms with Crippen LogP contribution >= 0.6 is 11.6 Å². The molecular weight excluding hydrogens is 361 g/mol. The van der Waals surface area contributed by atoms with Gasteiger partial charge < -0.3 is 10.1 Å². The van der Waals surface area contributed by atoms with Crippen molar-refractivity contribution in [1.82, 2.24) is 4.98 Å². The standard InChI is InChI=1S/C16H12ClF3N2O3/c1-9(25-15(24)12-6-3-7-21-13(12)17)14(23)22-11-5-2-4-10(8-11)16(18,19)20/h2-9H,1H3,(H,22,23)/t9-/m0/s1. The summed E-state index contributed by atoms with van der Waals surface area (Å²) < 4.78 is 42.9. The molecule has 0 bridgehead atoms. The second-order valence-electron chi connectivity index (χ2n) is 4.96. The number of aromatic nitrogens is 1. The Bertz CT molecular complexity index is 796. The molecule has 0 unspecified atom stereocenters. The highest BCUT2D eigenvalue weighted by Gasteiger charge is 2.30. The molecule has 1 heterocycles. The number of nitrogens with zero attached hydrogens (tertiary/aromatic N) is 1. The molecule has 1 atom stereocenters. The van der Waals surface area contributed by atoms with Gasteiger partial charge >= 0.3 is 12.1 Å². The van der Waals surface area contributed by atoms with Gasteiger partial charge in [0.2, 0.25) is 0 Å². The summed E-state index contributed by atoms with van der Waals surface area (Å²) in [7, 11) is 0. The lowest BCUT2D eigenvalue weighted by molar-refractivity contribution is -0.137. The van der Waals surface area contributed by atoms with Gasteiger partial charge in [-0.3, -0.25) is 4.79 Å². The Balaban J connectivity index is 2.04. The van der Waals surface area contributed by atoms with Gasteiger partial charge in [0.25, 0.3) is 5.91 Å². The molecule has 0 aliphatic rings. The number of alkyl halides is 3. The first-order valence-corrected chi connectivity index (χ1v) is 7.36. The first kappa shape index (κ1) is 18.7. The van der Waals surface area contributed by atoms with Crippen molar-refractivity contribution in [2.75, 3.05) is 5.32 Å². The maximum absolute atomic E-state index is 12.7. The van der Waals surface area contributed by atoms with Gasteiger partial charge in [-0.15, -0.1) is 0 Å². The van der Waals surface area contributed by atoms with Crippen molar-refractivity contribution < 1.29 is 27.5 Å². The molecule has 1 amide bonds. The smallest absolute Gasteiger partial charge is 0.416 e. The predicted octanol–water partition coefficient (Wildman–Crippen LogP) is 3.94. The van der Waals surface area contributed by atoms with Crippen molar-refractivity contribution in [2.24, 2.45) is 0 Å². The van der Waals surface area contributed by atoms with Crippen LogP contribution in [0, 0.1) is 0 Å². The van der Waals surface area contributed by atoms with Gasteiger partial charge in [0.1, 0.15) is 5.15 Å². The number of pyridine rings is 1. The van der Waals surface area contributed by atoms with Crippen LogP contribution in [0.2, 0.25) is 5.15 Å². The second kappa shape index (κ2) is 7.52. The highest BCUT2D eigenvalue weighted by molar-refractivity contribution is 6.32. The molecule has 9 heteroatoms. The first-order valence-electron chi connectivity index (χ1n) is 6.98. The van der Waals surface area contributed by atoms with E-state index in [1.165, 1.54) is 31.3 Å². The average molecular weight is 373 g/mol. The number of benzene rings is 1. The summed E-state index contributed by atoms with van der Waals surface area (Å²) in [6.07, 6.45) is -4.41. The molecule has 0 aliphatic heterocycles. The number of anilines is 1. The van der Waals surface area contributed by atoms with Gasteiger partial charge in [-0.1, -0.05) is 17.7 Å². The monoisotopic (exact) mass is 372 g/mol. The SMILES string of the molecule is C[C@H](OC(=O)c1cccnc1Cl)C(=O)Nc1cccc(C(F)(F)F)c1. The molecule has 0 aliphatic carbocycles. The lowest BCUT2D eigenvalue weighted by Gasteiger charge is -2.14. The molecule has 0 fully saturated rings. The van der Waals surface area contributed by atoms with Gasteiger partial charge in [-0.05, 0) is 37.3 Å². The van der Waals surface area contributed by atoms with Gasteiger partial charge in [-0.25, -0.2) is 9.78 Å². The maximum Gasteiger partial charge on any atom is 0.416 e. The molecule has 25 heavy (non-hydrogen) atoms. The molecule has 2 rings (SSSR count). The molecule has 2 aromatic rings. The summed E-state index contributed by atoms with van der Waals surface area (Å²) >= 11 is 5.75. The Morgan fingerprint density at radius 1 is 1.24 bits per heavy atom. The number of nitrogens with one attached hydrogen (secondary N) is 1. The van der Waals surface area contributed by atoms with Crippen LogP contribution in [0.15, 0.2) is 42.6 Å². The number of hydrogen-bond acceptors (Lipinski definition) is 4. The topological polar surface area (TPSA) is 68.3 Å². The second-order valence-corrected chi connectivity index (χ2v) is 5.32. The minimum Gasteiger partial charge on any atom is -0.449 e. The van der Waals surface area contributed by atoms with Crippen molar-refractivity contribution in [3.8, 4) is 0 Å². The number of amides is 1. The van der Waals surface area contributed by atoms with Gasteiger partial charge in [0, 0.05) is 11.9 Å². The van der Waals surface area contributed by atoms with Crippen LogP contribution in [0.3, 0.4) is 0 Å². The van der Waals surface area contributed by atoms with Crippen LogP contribution in [0.5, 0.6) is 0 Å². The molecule has 0 saturated carbocycles. The number of rotatable bonds is 4. The van der Waals surface area contributed by atoms with E-state index in [1.807, 2.05) is 0 Å². The zero-order chi connectivity index (χ0) is 18.6. The summed E-state index contributed by atoms with van der Waals surface area (Å²) in [5, 5.41) is 2.18. The normalized spacial score (nSPS) is 12.4. The summed E-state index contributed by atoms with van der Waals surface area (Å²) in [5.41, 5.74) is -0.998. The summed E-state index contributed by atoms with van der Waals surface area (Å²) in [6.45, 7) is 1.28. The van der Waals surface area contributed by atoms with E-state index >= 15 is 0 Å². The van der Waals surface area contributed by atoms with Crippen molar-refractivity contribution in [2.45, 2.75) is 19.2 Å². The van der Waals surface area contributed by atoms with E-state index in [0.717, 1.165) is 18.2 Å². The van der Waals surface area contributed by atoms with E-state index in [-0.39, 0.29) is 16.4 Å². The fourth-order valence-corrected chi connectivity index (χ4v) is 2.03. The largest absolute Gasteiger partial charge is 0.449 e. The van der Waals surface area contributed by atoms with E-state index in [2.05, 4.69) is 10.3 Å². The fourth-order valence-electron chi connectivity index (χ4n) is 1.83. The van der Waals surface area contributed by atoms with Gasteiger partial charge in [0.05, 0.1) is 11.1 Å². The van der Waals surface area contributed by atoms with Crippen LogP contribution < -0.4 is 5.32 Å². The van der Waals surface area contributed by atoms with Crippen LogP contribution in [0.1, 0.15) is 22.8 Å². The highest BCUT2D eigenvalue weighted by atomic mass is 35.5. The van der Waals surface area contributed by atoms with Gasteiger partial charge in [0.15, 0.2) is 6.10 Å². The third kappa shape index (κ3) is 4.93. The van der Waals surface area contributed by atoms with E-state index in [0.29, 0.717) is 0 Å². The molecule has 0 spiro atoms. The first-order chi connectivity index (χ1) is 11.7. The summed E-state index contributed by atoms with van der Waals surface area (Å²) in [5.74, 6) is -1.66. The Hall–Kier alpha value is -2.61. The number of halogens is 4. The third-order valence-corrected chi connectivity index (χ3v) is 3.39. The quantitative estimate of drug-likeness (QED) is 0.652. The number of carbonyl (C=O) groups excluding carboxylic acids is 2. The zero-order valence-corrected chi connectivity index (χ0v) is 13.6. The van der Waals surface area contributed by atoms with Crippen molar-refractivity contribution in [1.29, 1.82) is 0 Å². The van der Waals surface area contributed by atoms with Crippen LogP contribution in [0.4, 0.5) is 18.9 Å². The Labute approximate surface area is 145 Å². The zero-order valence-electron chi connectivity index (χ0n) is 12.8. The Morgan fingerprint density at radius 3 is 2.60 bits per heavy atom. The van der Waals surface area contributed by atoms with E-state index in [4.69, 9.17) is 16.3 Å².